The lowest BCUT2D eigenvalue weighted by atomic mass is 10.1. The Kier molecular flexibility index (Phi) is 3.65. The van der Waals surface area contributed by atoms with Crippen molar-refractivity contribution in [2.75, 3.05) is 24.3 Å². The maximum Gasteiger partial charge on any atom is 0.351 e. The second-order valence-electron chi connectivity index (χ2n) is 7.42. The first-order valence-corrected chi connectivity index (χ1v) is 9.02. The molecule has 11 heteroatoms. The number of fused-ring (bicyclic) bond motifs is 3. The molecule has 0 radical (unpaired) electrons. The van der Waals surface area contributed by atoms with E-state index in [2.05, 4.69) is 20.4 Å². The lowest BCUT2D eigenvalue weighted by Crippen LogP contribution is -2.39. The first-order chi connectivity index (χ1) is 13.8. The fourth-order valence-electron chi connectivity index (χ4n) is 3.34. The Morgan fingerprint density at radius 2 is 2.14 bits per heavy atom. The maximum atomic E-state index is 13.3. The van der Waals surface area contributed by atoms with Crippen molar-refractivity contribution >= 4 is 17.5 Å². The standard InChI is InChI=1S/C18H18FN7O3/c1-18(2)15-24-26(10-7-28-8-10)17(27)25(15)12-5-9(3-4-13(12)29-18)22-16-21-6-11(19)14(20)23-16/h3-6,10H,7-8H2,1-2H3,(H3,20,21,22,23). The Hall–Kier alpha value is -3.47. The summed E-state index contributed by atoms with van der Waals surface area (Å²) >= 11 is 0. The van der Waals surface area contributed by atoms with Gasteiger partial charge in [-0.3, -0.25) is 0 Å². The van der Waals surface area contributed by atoms with Gasteiger partial charge in [-0.25, -0.2) is 23.4 Å². The smallest absolute Gasteiger partial charge is 0.351 e. The second-order valence-corrected chi connectivity index (χ2v) is 7.42. The highest BCUT2D eigenvalue weighted by Crippen LogP contribution is 2.38. The fourth-order valence-corrected chi connectivity index (χ4v) is 3.34. The van der Waals surface area contributed by atoms with Crippen molar-refractivity contribution in [1.29, 1.82) is 0 Å². The van der Waals surface area contributed by atoms with E-state index in [9.17, 15) is 9.18 Å². The molecule has 5 rings (SSSR count). The van der Waals surface area contributed by atoms with Gasteiger partial charge in [0.1, 0.15) is 11.8 Å². The molecule has 2 aliphatic rings. The molecule has 1 saturated heterocycles. The van der Waals surface area contributed by atoms with Crippen molar-refractivity contribution in [2.24, 2.45) is 0 Å². The molecule has 3 N–H and O–H groups in total. The zero-order valence-electron chi connectivity index (χ0n) is 15.7. The Balaban J connectivity index is 1.59. The Morgan fingerprint density at radius 3 is 2.83 bits per heavy atom. The van der Waals surface area contributed by atoms with Gasteiger partial charge >= 0.3 is 5.69 Å². The molecule has 4 heterocycles. The van der Waals surface area contributed by atoms with E-state index in [-0.39, 0.29) is 23.5 Å². The number of aromatic nitrogens is 5. The van der Waals surface area contributed by atoms with Gasteiger partial charge in [0.25, 0.3) is 0 Å². The predicted molar refractivity (Wildman–Crippen MR) is 101 cm³/mol. The van der Waals surface area contributed by atoms with Crippen LogP contribution in [0.5, 0.6) is 5.75 Å². The molecule has 2 aliphatic heterocycles. The number of rotatable bonds is 3. The van der Waals surface area contributed by atoms with Crippen LogP contribution >= 0.6 is 0 Å². The second kappa shape index (κ2) is 6.01. The molecular weight excluding hydrogens is 381 g/mol. The van der Waals surface area contributed by atoms with Crippen molar-refractivity contribution in [1.82, 2.24) is 24.3 Å². The number of hydrogen-bond acceptors (Lipinski definition) is 8. The predicted octanol–water partition coefficient (Wildman–Crippen LogP) is 1.49. The summed E-state index contributed by atoms with van der Waals surface area (Å²) in [6.45, 7) is 4.62. The molecule has 0 saturated carbocycles. The Morgan fingerprint density at radius 1 is 1.34 bits per heavy atom. The average molecular weight is 399 g/mol. The quantitative estimate of drug-likeness (QED) is 0.679. The van der Waals surface area contributed by atoms with Gasteiger partial charge in [0.05, 0.1) is 25.1 Å². The minimum Gasteiger partial charge on any atom is -0.478 e. The van der Waals surface area contributed by atoms with Crippen molar-refractivity contribution in [2.45, 2.75) is 25.5 Å². The van der Waals surface area contributed by atoms with Crippen LogP contribution in [0.1, 0.15) is 25.7 Å². The van der Waals surface area contributed by atoms with Crippen LogP contribution in [-0.4, -0.2) is 37.5 Å². The number of anilines is 3. The third-order valence-electron chi connectivity index (χ3n) is 4.90. The first kappa shape index (κ1) is 17.6. The van der Waals surface area contributed by atoms with Crippen LogP contribution in [0.4, 0.5) is 21.8 Å². The summed E-state index contributed by atoms with van der Waals surface area (Å²) in [5.74, 6) is 0.226. The summed E-state index contributed by atoms with van der Waals surface area (Å²) in [5, 5.41) is 7.48. The number of halogens is 1. The summed E-state index contributed by atoms with van der Waals surface area (Å²) < 4.78 is 27.6. The van der Waals surface area contributed by atoms with Crippen molar-refractivity contribution in [3.8, 4) is 11.4 Å². The van der Waals surface area contributed by atoms with E-state index in [1.165, 1.54) is 4.68 Å². The lowest BCUT2D eigenvalue weighted by molar-refractivity contribution is -0.0308. The fraction of sp³-hybridized carbons (Fsp3) is 0.333. The molecule has 0 amide bonds. The van der Waals surface area contributed by atoms with E-state index in [1.807, 2.05) is 13.8 Å². The molecule has 0 bridgehead atoms. The number of nitrogens with two attached hydrogens (primary N) is 1. The van der Waals surface area contributed by atoms with E-state index in [4.69, 9.17) is 15.2 Å². The van der Waals surface area contributed by atoms with E-state index >= 15 is 0 Å². The van der Waals surface area contributed by atoms with Gasteiger partial charge in [-0.15, -0.1) is 5.10 Å². The molecule has 2 aromatic heterocycles. The molecule has 0 spiro atoms. The molecule has 0 unspecified atom stereocenters. The summed E-state index contributed by atoms with van der Waals surface area (Å²) in [6.07, 6.45) is 0.988. The van der Waals surface area contributed by atoms with E-state index in [0.29, 0.717) is 36.2 Å². The first-order valence-electron chi connectivity index (χ1n) is 9.02. The molecule has 0 atom stereocenters. The largest absolute Gasteiger partial charge is 0.478 e. The van der Waals surface area contributed by atoms with Gasteiger partial charge < -0.3 is 20.5 Å². The number of hydrogen-bond donors (Lipinski definition) is 2. The SMILES string of the molecule is CC1(C)Oc2ccc(Nc3ncc(F)c(N)n3)cc2-n2c1nn(C1COC1)c2=O. The molecular formula is C18H18FN7O3. The van der Waals surface area contributed by atoms with Gasteiger partial charge in [-0.1, -0.05) is 0 Å². The van der Waals surface area contributed by atoms with Crippen LogP contribution in [0.25, 0.3) is 5.69 Å². The zero-order valence-corrected chi connectivity index (χ0v) is 15.7. The summed E-state index contributed by atoms with van der Waals surface area (Å²) in [7, 11) is 0. The van der Waals surface area contributed by atoms with Crippen LogP contribution < -0.4 is 21.5 Å². The summed E-state index contributed by atoms with van der Waals surface area (Å²) in [4.78, 5) is 20.8. The normalized spacial score (nSPS) is 17.1. The van der Waals surface area contributed by atoms with Gasteiger partial charge in [0.2, 0.25) is 5.95 Å². The number of nitrogen functional groups attached to an aromatic ring is 1. The van der Waals surface area contributed by atoms with Crippen molar-refractivity contribution < 1.29 is 13.9 Å². The van der Waals surface area contributed by atoms with E-state index < -0.39 is 11.4 Å². The van der Waals surface area contributed by atoms with E-state index in [1.54, 1.807) is 22.8 Å². The van der Waals surface area contributed by atoms with Gasteiger partial charge in [-0.2, -0.15) is 4.98 Å². The highest BCUT2D eigenvalue weighted by atomic mass is 19.1. The van der Waals surface area contributed by atoms with Gasteiger partial charge in [-0.05, 0) is 32.0 Å². The van der Waals surface area contributed by atoms with Gasteiger partial charge in [0, 0.05) is 5.69 Å². The van der Waals surface area contributed by atoms with Crippen LogP contribution in [0.3, 0.4) is 0 Å². The monoisotopic (exact) mass is 399 g/mol. The maximum absolute atomic E-state index is 13.3. The third kappa shape index (κ3) is 2.73. The van der Waals surface area contributed by atoms with Crippen LogP contribution in [-0.2, 0) is 10.3 Å². The molecule has 10 nitrogen and oxygen atoms in total. The molecule has 1 fully saturated rings. The summed E-state index contributed by atoms with van der Waals surface area (Å²) in [5.41, 5.74) is 5.57. The number of nitrogens with zero attached hydrogens (tertiary/aromatic N) is 5. The Bertz CT molecular complexity index is 1180. The van der Waals surface area contributed by atoms with Crippen molar-refractivity contribution in [3.63, 3.8) is 0 Å². The lowest BCUT2D eigenvalue weighted by Gasteiger charge is -2.31. The summed E-state index contributed by atoms with van der Waals surface area (Å²) in [6, 6.07) is 5.13. The van der Waals surface area contributed by atoms with Crippen molar-refractivity contribution in [3.05, 3.63) is 46.5 Å². The molecule has 3 aromatic rings. The minimum atomic E-state index is -0.786. The van der Waals surface area contributed by atoms with E-state index in [0.717, 1.165) is 6.20 Å². The number of ether oxygens (including phenoxy) is 2. The molecule has 1 aromatic carbocycles. The highest BCUT2D eigenvalue weighted by Gasteiger charge is 2.39. The number of nitrogens with one attached hydrogen (secondary N) is 1. The Labute approximate surface area is 164 Å². The third-order valence-corrected chi connectivity index (χ3v) is 4.90. The number of benzene rings is 1. The average Bonchev–Trinajstić information content (AvgIpc) is 2.96. The topological polar surface area (TPSA) is 122 Å². The molecule has 29 heavy (non-hydrogen) atoms. The van der Waals surface area contributed by atoms with Crippen LogP contribution in [0.15, 0.2) is 29.2 Å². The zero-order chi connectivity index (χ0) is 20.3. The highest BCUT2D eigenvalue weighted by molar-refractivity contribution is 5.64. The van der Waals surface area contributed by atoms with Crippen LogP contribution in [0.2, 0.25) is 0 Å². The minimum absolute atomic E-state index is 0.0863. The molecule has 150 valence electrons. The van der Waals surface area contributed by atoms with Crippen LogP contribution in [0, 0.1) is 5.82 Å². The van der Waals surface area contributed by atoms with Gasteiger partial charge in [0.15, 0.2) is 23.1 Å². The molecule has 0 aliphatic carbocycles.